The molecule has 1 N–H and O–H groups in total. The molecule has 0 spiro atoms. The molecule has 1 saturated carbocycles. The number of imide groups is 1. The van der Waals surface area contributed by atoms with E-state index in [-0.39, 0.29) is 29.6 Å². The Morgan fingerprint density at radius 2 is 1.71 bits per heavy atom. The van der Waals surface area contributed by atoms with Crippen LogP contribution in [0.1, 0.15) is 33.1 Å². The van der Waals surface area contributed by atoms with Gasteiger partial charge in [0, 0.05) is 0 Å². The van der Waals surface area contributed by atoms with E-state index in [1.54, 1.807) is 13.8 Å². The zero-order valence-electron chi connectivity index (χ0n) is 10.0. The Morgan fingerprint density at radius 3 is 2.06 bits per heavy atom. The second-order valence-corrected chi connectivity index (χ2v) is 5.22. The Labute approximate surface area is 99.8 Å². The van der Waals surface area contributed by atoms with Crippen LogP contribution in [-0.4, -0.2) is 33.8 Å². The summed E-state index contributed by atoms with van der Waals surface area (Å²) in [7, 11) is 0. The molecule has 0 aromatic carbocycles. The van der Waals surface area contributed by atoms with Gasteiger partial charge in [0.2, 0.25) is 11.8 Å². The highest BCUT2D eigenvalue weighted by Crippen LogP contribution is 2.41. The first-order chi connectivity index (χ1) is 7.95. The number of carbonyl (C=O) groups is 3. The van der Waals surface area contributed by atoms with Crippen molar-refractivity contribution in [2.24, 2.45) is 17.8 Å². The van der Waals surface area contributed by atoms with Crippen molar-refractivity contribution >= 4 is 17.8 Å². The fourth-order valence-corrected chi connectivity index (χ4v) is 2.99. The number of carboxylic acids is 1. The Balaban J connectivity index is 2.30. The molecule has 1 aliphatic carbocycles. The van der Waals surface area contributed by atoms with Crippen LogP contribution in [0.25, 0.3) is 0 Å². The summed E-state index contributed by atoms with van der Waals surface area (Å²) in [5, 5.41) is 9.16. The second kappa shape index (κ2) is 4.13. The number of carboxylic acid groups (broad SMARTS) is 1. The summed E-state index contributed by atoms with van der Waals surface area (Å²) in [6.07, 6.45) is 2.33. The molecule has 1 saturated heterocycles. The first-order valence-corrected chi connectivity index (χ1v) is 6.05. The number of likely N-dealkylation sites (tertiary alicyclic amines) is 1. The molecule has 17 heavy (non-hydrogen) atoms. The van der Waals surface area contributed by atoms with Crippen molar-refractivity contribution in [1.82, 2.24) is 4.90 Å². The molecule has 5 nitrogen and oxygen atoms in total. The van der Waals surface area contributed by atoms with Crippen LogP contribution in [0.15, 0.2) is 0 Å². The van der Waals surface area contributed by atoms with Gasteiger partial charge in [0.1, 0.15) is 6.04 Å². The predicted molar refractivity (Wildman–Crippen MR) is 58.9 cm³/mol. The molecule has 2 fully saturated rings. The van der Waals surface area contributed by atoms with Crippen LogP contribution in [-0.2, 0) is 14.4 Å². The van der Waals surface area contributed by atoms with Crippen molar-refractivity contribution in [3.63, 3.8) is 0 Å². The molecule has 0 bridgehead atoms. The standard InChI is InChI=1S/C12H17NO4/c1-6(2)9(12(16)17)13-10(14)7-4-3-5-8(7)11(13)15/h6-9H,3-5H2,1-2H3,(H,16,17). The lowest BCUT2D eigenvalue weighted by atomic mass is 10.00. The van der Waals surface area contributed by atoms with Gasteiger partial charge in [-0.05, 0) is 18.8 Å². The molecule has 2 rings (SSSR count). The molecule has 3 unspecified atom stereocenters. The van der Waals surface area contributed by atoms with E-state index in [4.69, 9.17) is 5.11 Å². The van der Waals surface area contributed by atoms with Crippen LogP contribution in [0.2, 0.25) is 0 Å². The van der Waals surface area contributed by atoms with Gasteiger partial charge in [-0.3, -0.25) is 14.5 Å². The fourth-order valence-electron chi connectivity index (χ4n) is 2.99. The lowest BCUT2D eigenvalue weighted by Gasteiger charge is -2.26. The normalized spacial score (nSPS) is 29.9. The summed E-state index contributed by atoms with van der Waals surface area (Å²) in [6.45, 7) is 3.43. The van der Waals surface area contributed by atoms with E-state index in [0.29, 0.717) is 0 Å². The zero-order valence-corrected chi connectivity index (χ0v) is 10.0. The highest BCUT2D eigenvalue weighted by Gasteiger charge is 2.53. The highest BCUT2D eigenvalue weighted by atomic mass is 16.4. The predicted octanol–water partition coefficient (Wildman–Crippen LogP) is 0.881. The van der Waals surface area contributed by atoms with E-state index >= 15 is 0 Å². The molecular weight excluding hydrogens is 222 g/mol. The van der Waals surface area contributed by atoms with Crippen molar-refractivity contribution < 1.29 is 19.5 Å². The van der Waals surface area contributed by atoms with Gasteiger partial charge in [-0.25, -0.2) is 4.79 Å². The topological polar surface area (TPSA) is 74.7 Å². The Hall–Kier alpha value is -1.39. The maximum absolute atomic E-state index is 12.1. The molecule has 0 aromatic heterocycles. The SMILES string of the molecule is CC(C)C(C(=O)O)N1C(=O)C2CCCC2C1=O. The van der Waals surface area contributed by atoms with E-state index in [1.165, 1.54) is 0 Å². The van der Waals surface area contributed by atoms with Crippen molar-refractivity contribution in [3.05, 3.63) is 0 Å². The monoisotopic (exact) mass is 239 g/mol. The van der Waals surface area contributed by atoms with Crippen molar-refractivity contribution in [1.29, 1.82) is 0 Å². The zero-order chi connectivity index (χ0) is 12.7. The van der Waals surface area contributed by atoms with Crippen LogP contribution in [0.4, 0.5) is 0 Å². The fraction of sp³-hybridized carbons (Fsp3) is 0.750. The maximum atomic E-state index is 12.1. The van der Waals surface area contributed by atoms with E-state index in [1.807, 2.05) is 0 Å². The number of carbonyl (C=O) groups excluding carboxylic acids is 2. The average molecular weight is 239 g/mol. The summed E-state index contributed by atoms with van der Waals surface area (Å²) in [5.41, 5.74) is 0. The molecule has 94 valence electrons. The number of fused-ring (bicyclic) bond motifs is 1. The number of amides is 2. The third-order valence-corrected chi connectivity index (χ3v) is 3.79. The Kier molecular flexibility index (Phi) is 2.93. The van der Waals surface area contributed by atoms with Crippen LogP contribution in [0.5, 0.6) is 0 Å². The lowest BCUT2D eigenvalue weighted by molar-refractivity contribution is -0.157. The van der Waals surface area contributed by atoms with E-state index in [9.17, 15) is 14.4 Å². The number of rotatable bonds is 3. The molecular formula is C12H17NO4. The number of hydrogen-bond donors (Lipinski definition) is 1. The summed E-state index contributed by atoms with van der Waals surface area (Å²) < 4.78 is 0. The minimum absolute atomic E-state index is 0.261. The van der Waals surface area contributed by atoms with Gasteiger partial charge >= 0.3 is 5.97 Å². The van der Waals surface area contributed by atoms with Gasteiger partial charge in [-0.2, -0.15) is 0 Å². The van der Waals surface area contributed by atoms with Crippen LogP contribution in [0.3, 0.4) is 0 Å². The Morgan fingerprint density at radius 1 is 1.24 bits per heavy atom. The molecule has 2 amide bonds. The van der Waals surface area contributed by atoms with Gasteiger partial charge in [0.25, 0.3) is 0 Å². The van der Waals surface area contributed by atoms with E-state index in [2.05, 4.69) is 0 Å². The lowest BCUT2D eigenvalue weighted by Crippen LogP contribution is -2.48. The van der Waals surface area contributed by atoms with E-state index < -0.39 is 12.0 Å². The first kappa shape index (κ1) is 12.1. The third kappa shape index (κ3) is 1.73. The van der Waals surface area contributed by atoms with Crippen LogP contribution < -0.4 is 0 Å². The first-order valence-electron chi connectivity index (χ1n) is 6.05. The van der Waals surface area contributed by atoms with Gasteiger partial charge < -0.3 is 5.11 Å². The van der Waals surface area contributed by atoms with Gasteiger partial charge in [0.15, 0.2) is 0 Å². The summed E-state index contributed by atoms with van der Waals surface area (Å²) >= 11 is 0. The van der Waals surface area contributed by atoms with Gasteiger partial charge in [-0.15, -0.1) is 0 Å². The summed E-state index contributed by atoms with van der Waals surface area (Å²) in [4.78, 5) is 36.4. The van der Waals surface area contributed by atoms with Crippen molar-refractivity contribution in [3.8, 4) is 0 Å². The van der Waals surface area contributed by atoms with Crippen LogP contribution >= 0.6 is 0 Å². The third-order valence-electron chi connectivity index (χ3n) is 3.79. The Bertz CT molecular complexity index is 355. The number of aliphatic carboxylic acids is 1. The molecule has 0 radical (unpaired) electrons. The molecule has 1 aliphatic heterocycles. The average Bonchev–Trinajstić information content (AvgIpc) is 2.77. The van der Waals surface area contributed by atoms with Crippen molar-refractivity contribution in [2.45, 2.75) is 39.2 Å². The summed E-state index contributed by atoms with van der Waals surface area (Å²) in [6, 6.07) is -1.01. The van der Waals surface area contributed by atoms with Gasteiger partial charge in [0.05, 0.1) is 11.8 Å². The second-order valence-electron chi connectivity index (χ2n) is 5.22. The summed E-state index contributed by atoms with van der Waals surface area (Å²) in [5.74, 6) is -2.44. The molecule has 1 heterocycles. The smallest absolute Gasteiger partial charge is 0.327 e. The minimum Gasteiger partial charge on any atom is -0.480 e. The van der Waals surface area contributed by atoms with Gasteiger partial charge in [-0.1, -0.05) is 20.3 Å². The highest BCUT2D eigenvalue weighted by molar-refractivity contribution is 6.08. The van der Waals surface area contributed by atoms with E-state index in [0.717, 1.165) is 24.2 Å². The largest absolute Gasteiger partial charge is 0.480 e. The quantitative estimate of drug-likeness (QED) is 0.742. The number of nitrogens with zero attached hydrogens (tertiary/aromatic N) is 1. The molecule has 0 aromatic rings. The van der Waals surface area contributed by atoms with Crippen molar-refractivity contribution in [2.75, 3.05) is 0 Å². The maximum Gasteiger partial charge on any atom is 0.327 e. The number of hydrogen-bond acceptors (Lipinski definition) is 3. The minimum atomic E-state index is -1.10. The molecule has 3 atom stereocenters. The molecule has 2 aliphatic rings. The van der Waals surface area contributed by atoms with Crippen LogP contribution in [0, 0.1) is 17.8 Å². The molecule has 5 heteroatoms.